The zero-order valence-corrected chi connectivity index (χ0v) is 13.2. The maximum atomic E-state index is 12.5. The molecule has 3 rings (SSSR count). The molecule has 1 heterocycles. The van der Waals surface area contributed by atoms with Gasteiger partial charge in [0.25, 0.3) is 5.56 Å². The monoisotopic (exact) mass is 298 g/mol. The molecule has 0 bridgehead atoms. The van der Waals surface area contributed by atoms with Crippen LogP contribution >= 0.6 is 0 Å². The first-order chi connectivity index (χ1) is 10.7. The minimum absolute atomic E-state index is 0.0205. The van der Waals surface area contributed by atoms with Crippen molar-refractivity contribution in [2.45, 2.75) is 46.1 Å². The summed E-state index contributed by atoms with van der Waals surface area (Å²) in [6, 6.07) is 7.43. The Morgan fingerprint density at radius 1 is 1.41 bits per heavy atom. The van der Waals surface area contributed by atoms with Crippen LogP contribution in [0.3, 0.4) is 0 Å². The number of nitrogens with zero attached hydrogens (tertiary/aromatic N) is 3. The fourth-order valence-corrected chi connectivity index (χ4v) is 3.04. The summed E-state index contributed by atoms with van der Waals surface area (Å²) >= 11 is 0. The smallest absolute Gasteiger partial charge is 0.262 e. The standard InChI is InChI=1S/C17H22N4O/c1-3-21-16(22)14-9-4-5-10-15(14)18-17(21)20-19-13-8-6-7-12(2)11-13/h4-5,9-10,12H,3,6-8,11H2,1-2H3,(H,18,20)/b19-13-/t12-/m0/s1. The Morgan fingerprint density at radius 2 is 2.23 bits per heavy atom. The van der Waals surface area contributed by atoms with Crippen LogP contribution in [-0.4, -0.2) is 15.3 Å². The molecular formula is C17H22N4O. The van der Waals surface area contributed by atoms with Gasteiger partial charge in [-0.3, -0.25) is 9.36 Å². The molecule has 1 atom stereocenters. The number of para-hydroxylation sites is 1. The van der Waals surface area contributed by atoms with Gasteiger partial charge >= 0.3 is 0 Å². The maximum Gasteiger partial charge on any atom is 0.262 e. The minimum atomic E-state index is -0.0205. The lowest BCUT2D eigenvalue weighted by Gasteiger charge is -2.19. The highest BCUT2D eigenvalue weighted by Crippen LogP contribution is 2.21. The van der Waals surface area contributed by atoms with Crippen LogP contribution in [0.25, 0.3) is 10.9 Å². The predicted octanol–water partition coefficient (Wildman–Crippen LogP) is 3.39. The highest BCUT2D eigenvalue weighted by molar-refractivity contribution is 5.86. The molecule has 0 radical (unpaired) electrons. The summed E-state index contributed by atoms with van der Waals surface area (Å²) in [4.78, 5) is 17.1. The molecule has 0 spiro atoms. The summed E-state index contributed by atoms with van der Waals surface area (Å²) in [5.74, 6) is 1.21. The van der Waals surface area contributed by atoms with E-state index in [1.54, 1.807) is 4.57 Å². The molecule has 1 aromatic carbocycles. The Kier molecular flexibility index (Phi) is 4.22. The Labute approximate surface area is 130 Å². The lowest BCUT2D eigenvalue weighted by molar-refractivity contribution is 0.500. The van der Waals surface area contributed by atoms with Crippen LogP contribution < -0.4 is 11.0 Å². The van der Waals surface area contributed by atoms with E-state index in [0.717, 1.165) is 12.8 Å². The Balaban J connectivity index is 1.96. The van der Waals surface area contributed by atoms with Crippen molar-refractivity contribution >= 4 is 22.6 Å². The van der Waals surface area contributed by atoms with E-state index >= 15 is 0 Å². The molecule has 1 aromatic heterocycles. The van der Waals surface area contributed by atoms with Crippen molar-refractivity contribution < 1.29 is 0 Å². The Morgan fingerprint density at radius 3 is 3.00 bits per heavy atom. The van der Waals surface area contributed by atoms with Gasteiger partial charge in [0.1, 0.15) is 0 Å². The van der Waals surface area contributed by atoms with E-state index in [2.05, 4.69) is 22.4 Å². The quantitative estimate of drug-likeness (QED) is 0.884. The van der Waals surface area contributed by atoms with Crippen LogP contribution in [-0.2, 0) is 6.54 Å². The van der Waals surface area contributed by atoms with Gasteiger partial charge in [-0.05, 0) is 50.7 Å². The molecule has 2 aromatic rings. The molecule has 0 aliphatic heterocycles. The van der Waals surface area contributed by atoms with Gasteiger partial charge in [0.2, 0.25) is 5.95 Å². The van der Waals surface area contributed by atoms with Crippen molar-refractivity contribution in [2.75, 3.05) is 5.43 Å². The minimum Gasteiger partial charge on any atom is -0.277 e. The van der Waals surface area contributed by atoms with Crippen LogP contribution in [0, 0.1) is 5.92 Å². The first kappa shape index (κ1) is 14.8. The van der Waals surface area contributed by atoms with E-state index in [9.17, 15) is 4.79 Å². The van der Waals surface area contributed by atoms with Crippen LogP contribution in [0.2, 0.25) is 0 Å². The number of benzene rings is 1. The third kappa shape index (κ3) is 2.89. The number of hydrogen-bond acceptors (Lipinski definition) is 4. The summed E-state index contributed by atoms with van der Waals surface area (Å²) in [6.07, 6.45) is 4.51. The molecule has 1 aliphatic carbocycles. The fraction of sp³-hybridized carbons (Fsp3) is 0.471. The molecule has 1 saturated carbocycles. The zero-order chi connectivity index (χ0) is 15.5. The zero-order valence-electron chi connectivity index (χ0n) is 13.2. The van der Waals surface area contributed by atoms with Crippen molar-refractivity contribution in [3.05, 3.63) is 34.6 Å². The van der Waals surface area contributed by atoms with Gasteiger partial charge in [-0.15, -0.1) is 0 Å². The van der Waals surface area contributed by atoms with Gasteiger partial charge in [-0.25, -0.2) is 10.4 Å². The third-order valence-electron chi connectivity index (χ3n) is 4.24. The number of anilines is 1. The predicted molar refractivity (Wildman–Crippen MR) is 90.4 cm³/mol. The van der Waals surface area contributed by atoms with Gasteiger partial charge in [0, 0.05) is 12.3 Å². The molecular weight excluding hydrogens is 276 g/mol. The highest BCUT2D eigenvalue weighted by Gasteiger charge is 2.14. The SMILES string of the molecule is CCn1c(N/N=C2/CCC[C@H](C)C2)nc2ccccc2c1=O. The van der Waals surface area contributed by atoms with E-state index in [-0.39, 0.29) is 5.56 Å². The van der Waals surface area contributed by atoms with Gasteiger partial charge in [0.05, 0.1) is 10.9 Å². The number of fused-ring (bicyclic) bond motifs is 1. The fourth-order valence-electron chi connectivity index (χ4n) is 3.04. The van der Waals surface area contributed by atoms with Crippen molar-refractivity contribution in [1.29, 1.82) is 0 Å². The second-order valence-electron chi connectivity index (χ2n) is 5.99. The van der Waals surface area contributed by atoms with Crippen LogP contribution in [0.4, 0.5) is 5.95 Å². The highest BCUT2D eigenvalue weighted by atomic mass is 16.1. The lowest BCUT2D eigenvalue weighted by Crippen LogP contribution is -2.24. The molecule has 5 nitrogen and oxygen atoms in total. The van der Waals surface area contributed by atoms with Gasteiger partial charge in [-0.1, -0.05) is 19.1 Å². The van der Waals surface area contributed by atoms with E-state index in [0.29, 0.717) is 29.3 Å². The summed E-state index contributed by atoms with van der Waals surface area (Å²) in [7, 11) is 0. The Hall–Kier alpha value is -2.17. The molecule has 0 unspecified atom stereocenters. The molecule has 0 saturated heterocycles. The van der Waals surface area contributed by atoms with E-state index in [4.69, 9.17) is 0 Å². The first-order valence-corrected chi connectivity index (χ1v) is 8.00. The number of aromatic nitrogens is 2. The normalized spacial score (nSPS) is 20.5. The van der Waals surface area contributed by atoms with Crippen LogP contribution in [0.15, 0.2) is 34.2 Å². The second kappa shape index (κ2) is 6.30. The molecule has 1 N–H and O–H groups in total. The molecule has 22 heavy (non-hydrogen) atoms. The molecule has 0 amide bonds. The van der Waals surface area contributed by atoms with Crippen LogP contribution in [0.5, 0.6) is 0 Å². The summed E-state index contributed by atoms with van der Waals surface area (Å²) < 4.78 is 1.64. The largest absolute Gasteiger partial charge is 0.277 e. The summed E-state index contributed by atoms with van der Waals surface area (Å²) in [5.41, 5.74) is 4.88. The lowest BCUT2D eigenvalue weighted by atomic mass is 9.89. The van der Waals surface area contributed by atoms with Gasteiger partial charge in [-0.2, -0.15) is 5.10 Å². The topological polar surface area (TPSA) is 59.3 Å². The van der Waals surface area contributed by atoms with Crippen molar-refractivity contribution in [1.82, 2.24) is 9.55 Å². The number of rotatable bonds is 3. The van der Waals surface area contributed by atoms with Crippen molar-refractivity contribution in [3.8, 4) is 0 Å². The first-order valence-electron chi connectivity index (χ1n) is 8.00. The molecule has 1 fully saturated rings. The van der Waals surface area contributed by atoms with E-state index in [1.807, 2.05) is 31.2 Å². The van der Waals surface area contributed by atoms with Crippen LogP contribution in [0.1, 0.15) is 39.5 Å². The molecule has 116 valence electrons. The van der Waals surface area contributed by atoms with Gasteiger partial charge in [0.15, 0.2) is 0 Å². The second-order valence-corrected chi connectivity index (χ2v) is 5.99. The third-order valence-corrected chi connectivity index (χ3v) is 4.24. The average molecular weight is 298 g/mol. The summed E-state index contributed by atoms with van der Waals surface area (Å²) in [5, 5.41) is 5.15. The van der Waals surface area contributed by atoms with Crippen molar-refractivity contribution in [2.24, 2.45) is 11.0 Å². The number of hydrogen-bond donors (Lipinski definition) is 1. The maximum absolute atomic E-state index is 12.5. The number of nitrogens with one attached hydrogen (secondary N) is 1. The van der Waals surface area contributed by atoms with E-state index in [1.165, 1.54) is 18.6 Å². The molecule has 1 aliphatic rings. The average Bonchev–Trinajstić information content (AvgIpc) is 2.53. The van der Waals surface area contributed by atoms with Gasteiger partial charge < -0.3 is 0 Å². The Bertz CT molecular complexity index is 763. The summed E-state index contributed by atoms with van der Waals surface area (Å²) in [6.45, 7) is 4.77. The van der Waals surface area contributed by atoms with Crippen molar-refractivity contribution in [3.63, 3.8) is 0 Å². The van der Waals surface area contributed by atoms with E-state index < -0.39 is 0 Å². The molecule has 5 heteroatoms. The number of hydrazone groups is 1.